The normalized spacial score (nSPS) is 11.8. The van der Waals surface area contributed by atoms with Crippen LogP contribution >= 0.6 is 0 Å². The maximum absolute atomic E-state index is 12.4. The first-order valence-corrected chi connectivity index (χ1v) is 7.52. The molecule has 25 heavy (non-hydrogen) atoms. The molecule has 1 heterocycles. The highest BCUT2D eigenvalue weighted by molar-refractivity contribution is 5.91. The van der Waals surface area contributed by atoms with Crippen LogP contribution in [0.5, 0.6) is 28.7 Å². The number of esters is 1. The first-order chi connectivity index (χ1) is 12.2. The number of hydrogen-bond donors (Lipinski definition) is 0. The predicted octanol–water partition coefficient (Wildman–Crippen LogP) is 2.80. The third-order valence-electron chi connectivity index (χ3n) is 3.71. The largest absolute Gasteiger partial charge is 0.493 e. The second kappa shape index (κ2) is 7.21. The molecular weight excluding hydrogens is 328 g/mol. The van der Waals surface area contributed by atoms with E-state index in [1.165, 1.54) is 21.3 Å². The van der Waals surface area contributed by atoms with Gasteiger partial charge in [0.15, 0.2) is 23.0 Å². The second-order valence-corrected chi connectivity index (χ2v) is 5.18. The van der Waals surface area contributed by atoms with Crippen LogP contribution < -0.4 is 23.7 Å². The minimum absolute atomic E-state index is 0.103. The van der Waals surface area contributed by atoms with Crippen LogP contribution in [0.3, 0.4) is 0 Å². The zero-order valence-corrected chi connectivity index (χ0v) is 14.2. The number of carbonyl (C=O) groups excluding carboxylic acids is 1. The average Bonchev–Trinajstić information content (AvgIpc) is 3.12. The number of carbonyl (C=O) groups is 1. The Kier molecular flexibility index (Phi) is 4.83. The minimum atomic E-state index is -0.503. The van der Waals surface area contributed by atoms with Gasteiger partial charge in [0.25, 0.3) is 0 Å². The van der Waals surface area contributed by atoms with Gasteiger partial charge in [-0.05, 0) is 29.8 Å². The van der Waals surface area contributed by atoms with Crippen LogP contribution in [0, 0.1) is 0 Å². The fourth-order valence-electron chi connectivity index (χ4n) is 2.46. The lowest BCUT2D eigenvalue weighted by Crippen LogP contribution is -2.07. The van der Waals surface area contributed by atoms with Gasteiger partial charge < -0.3 is 28.4 Å². The van der Waals surface area contributed by atoms with Crippen molar-refractivity contribution in [3.8, 4) is 28.7 Å². The van der Waals surface area contributed by atoms with E-state index < -0.39 is 5.97 Å². The molecule has 0 unspecified atom stereocenters. The maximum Gasteiger partial charge on any atom is 0.338 e. The summed E-state index contributed by atoms with van der Waals surface area (Å²) in [5.41, 5.74) is 1.10. The van der Waals surface area contributed by atoms with Gasteiger partial charge in [-0.25, -0.2) is 4.79 Å². The van der Waals surface area contributed by atoms with E-state index in [0.29, 0.717) is 34.3 Å². The molecule has 0 radical (unpaired) electrons. The van der Waals surface area contributed by atoms with Gasteiger partial charge in [-0.2, -0.15) is 0 Å². The number of hydrogen-bond acceptors (Lipinski definition) is 7. The van der Waals surface area contributed by atoms with Gasteiger partial charge in [-0.15, -0.1) is 0 Å². The molecule has 0 spiro atoms. The Bertz CT molecular complexity index is 760. The van der Waals surface area contributed by atoms with Crippen molar-refractivity contribution in [2.75, 3.05) is 28.1 Å². The lowest BCUT2D eigenvalue weighted by atomic mass is 10.1. The Hall–Kier alpha value is -3.09. The van der Waals surface area contributed by atoms with E-state index in [1.54, 1.807) is 24.3 Å². The first kappa shape index (κ1) is 16.8. The Balaban J connectivity index is 1.74. The van der Waals surface area contributed by atoms with Crippen LogP contribution in [0.4, 0.5) is 0 Å². The van der Waals surface area contributed by atoms with E-state index in [4.69, 9.17) is 28.4 Å². The summed E-state index contributed by atoms with van der Waals surface area (Å²) in [6.45, 7) is 0.302. The fourth-order valence-corrected chi connectivity index (χ4v) is 2.46. The molecule has 3 rings (SSSR count). The average molecular weight is 346 g/mol. The molecule has 2 aromatic rings. The van der Waals surface area contributed by atoms with Gasteiger partial charge in [0, 0.05) is 0 Å². The van der Waals surface area contributed by atoms with Crippen LogP contribution in [0.15, 0.2) is 30.3 Å². The van der Waals surface area contributed by atoms with Gasteiger partial charge in [0.2, 0.25) is 12.5 Å². The van der Waals surface area contributed by atoms with E-state index in [9.17, 15) is 4.79 Å². The standard InChI is InChI=1S/C18H18O7/c1-20-15-7-12(8-16(21-2)17(15)22-3)18(19)23-9-11-4-5-13-14(6-11)25-10-24-13/h4-8H,9-10H2,1-3H3. The molecule has 2 aromatic carbocycles. The van der Waals surface area contributed by atoms with Gasteiger partial charge in [0.05, 0.1) is 26.9 Å². The number of rotatable bonds is 6. The van der Waals surface area contributed by atoms with Crippen molar-refractivity contribution in [1.82, 2.24) is 0 Å². The van der Waals surface area contributed by atoms with Crippen molar-refractivity contribution in [3.63, 3.8) is 0 Å². The number of ether oxygens (including phenoxy) is 6. The summed E-state index contributed by atoms with van der Waals surface area (Å²) in [5, 5.41) is 0. The molecule has 1 aliphatic rings. The van der Waals surface area contributed by atoms with E-state index in [1.807, 2.05) is 6.07 Å². The van der Waals surface area contributed by atoms with Gasteiger partial charge in [0.1, 0.15) is 6.61 Å². The van der Waals surface area contributed by atoms with Gasteiger partial charge in [-0.3, -0.25) is 0 Å². The van der Waals surface area contributed by atoms with Crippen LogP contribution in [-0.2, 0) is 11.3 Å². The number of benzene rings is 2. The molecule has 0 aromatic heterocycles. The molecule has 0 aliphatic carbocycles. The first-order valence-electron chi connectivity index (χ1n) is 7.52. The topological polar surface area (TPSA) is 72.5 Å². The third-order valence-corrected chi connectivity index (χ3v) is 3.71. The molecule has 0 amide bonds. The summed E-state index contributed by atoms with van der Waals surface area (Å²) < 4.78 is 31.6. The zero-order chi connectivity index (χ0) is 17.8. The second-order valence-electron chi connectivity index (χ2n) is 5.18. The van der Waals surface area contributed by atoms with Gasteiger partial charge >= 0.3 is 5.97 Å². The Morgan fingerprint density at radius 2 is 1.64 bits per heavy atom. The van der Waals surface area contributed by atoms with Crippen LogP contribution in [0.2, 0.25) is 0 Å². The highest BCUT2D eigenvalue weighted by Gasteiger charge is 2.18. The third kappa shape index (κ3) is 3.40. The highest BCUT2D eigenvalue weighted by atomic mass is 16.7. The highest BCUT2D eigenvalue weighted by Crippen LogP contribution is 2.38. The molecule has 0 saturated carbocycles. The SMILES string of the molecule is COc1cc(C(=O)OCc2ccc3c(c2)OCO3)cc(OC)c1OC. The monoisotopic (exact) mass is 346 g/mol. The Labute approximate surface area is 145 Å². The van der Waals surface area contributed by atoms with Crippen molar-refractivity contribution in [1.29, 1.82) is 0 Å². The molecule has 0 bridgehead atoms. The molecule has 7 heteroatoms. The van der Waals surface area contributed by atoms with Crippen LogP contribution in [0.25, 0.3) is 0 Å². The molecular formula is C18H18O7. The summed E-state index contributed by atoms with van der Waals surface area (Å²) in [6.07, 6.45) is 0. The van der Waals surface area contributed by atoms with E-state index in [-0.39, 0.29) is 13.4 Å². The van der Waals surface area contributed by atoms with E-state index in [0.717, 1.165) is 5.56 Å². The summed E-state index contributed by atoms with van der Waals surface area (Å²) in [4.78, 5) is 12.4. The summed E-state index contributed by atoms with van der Waals surface area (Å²) in [5.74, 6) is 2.00. The summed E-state index contributed by atoms with van der Waals surface area (Å²) >= 11 is 0. The molecule has 0 saturated heterocycles. The molecule has 7 nitrogen and oxygen atoms in total. The molecule has 1 aliphatic heterocycles. The predicted molar refractivity (Wildman–Crippen MR) is 87.8 cm³/mol. The van der Waals surface area contributed by atoms with Crippen molar-refractivity contribution in [2.45, 2.75) is 6.61 Å². The smallest absolute Gasteiger partial charge is 0.338 e. The zero-order valence-electron chi connectivity index (χ0n) is 14.2. The molecule has 0 fully saturated rings. The van der Waals surface area contributed by atoms with Crippen molar-refractivity contribution in [2.24, 2.45) is 0 Å². The minimum Gasteiger partial charge on any atom is -0.493 e. The Morgan fingerprint density at radius 1 is 0.960 bits per heavy atom. The number of fused-ring (bicyclic) bond motifs is 1. The van der Waals surface area contributed by atoms with Gasteiger partial charge in [-0.1, -0.05) is 6.07 Å². The lowest BCUT2D eigenvalue weighted by molar-refractivity contribution is 0.0471. The van der Waals surface area contributed by atoms with Crippen molar-refractivity contribution in [3.05, 3.63) is 41.5 Å². The molecule has 0 N–H and O–H groups in total. The van der Waals surface area contributed by atoms with E-state index >= 15 is 0 Å². The Morgan fingerprint density at radius 3 is 2.28 bits per heavy atom. The van der Waals surface area contributed by atoms with Crippen molar-refractivity contribution < 1.29 is 33.2 Å². The molecule has 0 atom stereocenters. The fraction of sp³-hybridized carbons (Fsp3) is 0.278. The molecule has 132 valence electrons. The number of methoxy groups -OCH3 is 3. The lowest BCUT2D eigenvalue weighted by Gasteiger charge is -2.13. The van der Waals surface area contributed by atoms with Crippen molar-refractivity contribution >= 4 is 5.97 Å². The quantitative estimate of drug-likeness (QED) is 0.745. The van der Waals surface area contributed by atoms with E-state index in [2.05, 4.69) is 0 Å². The van der Waals surface area contributed by atoms with Crippen LogP contribution in [-0.4, -0.2) is 34.1 Å². The summed E-state index contributed by atoms with van der Waals surface area (Å²) in [6, 6.07) is 8.47. The van der Waals surface area contributed by atoms with Crippen LogP contribution in [0.1, 0.15) is 15.9 Å². The summed E-state index contributed by atoms with van der Waals surface area (Å²) in [7, 11) is 4.47. The maximum atomic E-state index is 12.4.